The molecule has 0 aromatic carbocycles. The van der Waals surface area contributed by atoms with Gasteiger partial charge in [-0.05, 0) is 44.8 Å². The summed E-state index contributed by atoms with van der Waals surface area (Å²) in [5, 5.41) is 3.75. The fourth-order valence-electron chi connectivity index (χ4n) is 3.97. The maximum absolute atomic E-state index is 4.68. The van der Waals surface area contributed by atoms with Crippen LogP contribution in [0.5, 0.6) is 0 Å². The Balaban J connectivity index is 1.77. The quantitative estimate of drug-likeness (QED) is 0.891. The molecule has 1 saturated carbocycles. The first-order chi connectivity index (χ1) is 10.4. The number of anilines is 1. The Morgan fingerprint density at radius 1 is 1.14 bits per heavy atom. The number of hydrogen-bond donors (Lipinski definition) is 1. The predicted molar refractivity (Wildman–Crippen MR) is 88.6 cm³/mol. The molecule has 0 amide bonds. The minimum atomic E-state index is 0.559. The molecule has 3 heteroatoms. The largest absolute Gasteiger partial charge is 0.367 e. The number of nitrogens with one attached hydrogen (secondary N) is 1. The van der Waals surface area contributed by atoms with Crippen molar-refractivity contribution in [2.45, 2.75) is 70.4 Å². The van der Waals surface area contributed by atoms with Crippen LogP contribution in [0.15, 0.2) is 18.3 Å². The van der Waals surface area contributed by atoms with Gasteiger partial charge in [-0.25, -0.2) is 4.98 Å². The van der Waals surface area contributed by atoms with E-state index in [0.717, 1.165) is 12.4 Å². The van der Waals surface area contributed by atoms with Crippen molar-refractivity contribution >= 4 is 5.82 Å². The summed E-state index contributed by atoms with van der Waals surface area (Å²) < 4.78 is 0. The summed E-state index contributed by atoms with van der Waals surface area (Å²) >= 11 is 0. The van der Waals surface area contributed by atoms with Crippen molar-refractivity contribution in [3.8, 4) is 0 Å². The van der Waals surface area contributed by atoms with Crippen LogP contribution in [0.3, 0.4) is 0 Å². The average Bonchev–Trinajstić information content (AvgIpc) is 2.56. The fourth-order valence-corrected chi connectivity index (χ4v) is 3.97. The van der Waals surface area contributed by atoms with E-state index in [0.29, 0.717) is 12.1 Å². The lowest BCUT2D eigenvalue weighted by molar-refractivity contribution is 0.157. The molecule has 0 spiro atoms. The first kappa shape index (κ1) is 14.8. The lowest BCUT2D eigenvalue weighted by Gasteiger charge is -2.36. The van der Waals surface area contributed by atoms with Gasteiger partial charge in [0.1, 0.15) is 5.82 Å². The van der Waals surface area contributed by atoms with E-state index in [1.54, 1.807) is 0 Å². The van der Waals surface area contributed by atoms with Gasteiger partial charge in [-0.1, -0.05) is 38.7 Å². The van der Waals surface area contributed by atoms with Gasteiger partial charge in [-0.3, -0.25) is 4.90 Å². The van der Waals surface area contributed by atoms with Crippen molar-refractivity contribution in [3.63, 3.8) is 0 Å². The van der Waals surface area contributed by atoms with Crippen LogP contribution in [-0.4, -0.2) is 29.0 Å². The number of pyridine rings is 1. The normalized spacial score (nSPS) is 24.9. The molecule has 2 aliphatic rings. The van der Waals surface area contributed by atoms with Crippen molar-refractivity contribution in [2.75, 3.05) is 18.4 Å². The molecular formula is C18H29N3. The van der Waals surface area contributed by atoms with Crippen molar-refractivity contribution in [1.82, 2.24) is 9.88 Å². The molecule has 1 atom stereocenters. The van der Waals surface area contributed by atoms with Gasteiger partial charge in [-0.15, -0.1) is 0 Å². The van der Waals surface area contributed by atoms with E-state index in [2.05, 4.69) is 34.3 Å². The van der Waals surface area contributed by atoms with Gasteiger partial charge in [0, 0.05) is 23.8 Å². The maximum Gasteiger partial charge on any atom is 0.130 e. The molecule has 1 saturated heterocycles. The summed E-state index contributed by atoms with van der Waals surface area (Å²) in [5.41, 5.74) is 1.42. The van der Waals surface area contributed by atoms with Crippen molar-refractivity contribution in [2.24, 2.45) is 0 Å². The van der Waals surface area contributed by atoms with Crippen LogP contribution in [0, 0.1) is 0 Å². The van der Waals surface area contributed by atoms with Gasteiger partial charge in [0.2, 0.25) is 0 Å². The highest BCUT2D eigenvalue weighted by atomic mass is 15.2. The van der Waals surface area contributed by atoms with E-state index >= 15 is 0 Å². The monoisotopic (exact) mass is 287 g/mol. The summed E-state index contributed by atoms with van der Waals surface area (Å²) in [5.74, 6) is 1.15. The van der Waals surface area contributed by atoms with E-state index < -0.39 is 0 Å². The molecule has 21 heavy (non-hydrogen) atoms. The number of nitrogens with zero attached hydrogens (tertiary/aromatic N) is 2. The number of rotatable bonds is 4. The van der Waals surface area contributed by atoms with Crippen LogP contribution >= 0.6 is 0 Å². The molecule has 2 fully saturated rings. The third kappa shape index (κ3) is 3.57. The lowest BCUT2D eigenvalue weighted by atomic mass is 9.93. The zero-order valence-electron chi connectivity index (χ0n) is 13.4. The van der Waals surface area contributed by atoms with Crippen molar-refractivity contribution in [3.05, 3.63) is 23.9 Å². The van der Waals surface area contributed by atoms with Gasteiger partial charge in [-0.2, -0.15) is 0 Å². The molecule has 1 aromatic rings. The van der Waals surface area contributed by atoms with Gasteiger partial charge < -0.3 is 5.32 Å². The van der Waals surface area contributed by atoms with Gasteiger partial charge in [0.25, 0.3) is 0 Å². The number of aromatic nitrogens is 1. The Hall–Kier alpha value is -1.09. The molecular weight excluding hydrogens is 258 g/mol. The van der Waals surface area contributed by atoms with Crippen LogP contribution in [0.25, 0.3) is 0 Å². The van der Waals surface area contributed by atoms with E-state index in [1.165, 1.54) is 63.5 Å². The smallest absolute Gasteiger partial charge is 0.130 e. The molecule has 2 heterocycles. The van der Waals surface area contributed by atoms with Crippen LogP contribution < -0.4 is 5.32 Å². The molecule has 116 valence electrons. The van der Waals surface area contributed by atoms with E-state index in [9.17, 15) is 0 Å². The highest BCUT2D eigenvalue weighted by Crippen LogP contribution is 2.34. The van der Waals surface area contributed by atoms with E-state index in [-0.39, 0.29) is 0 Å². The molecule has 0 radical (unpaired) electrons. The highest BCUT2D eigenvalue weighted by Gasteiger charge is 2.26. The molecule has 0 unspecified atom stereocenters. The summed E-state index contributed by atoms with van der Waals surface area (Å²) in [6, 6.07) is 5.58. The maximum atomic E-state index is 4.68. The standard InChI is InChI=1S/C18H29N3/c1-2-21-14-7-6-12-17(21)16-11-8-13-19-18(16)20-15-9-4-3-5-10-15/h8,11,13,15,17H,2-7,9-10,12,14H2,1H3,(H,19,20)/t17-/m1/s1. The Bertz CT molecular complexity index is 440. The molecule has 1 aliphatic carbocycles. The molecule has 3 nitrogen and oxygen atoms in total. The van der Waals surface area contributed by atoms with Crippen LogP contribution in [-0.2, 0) is 0 Å². The predicted octanol–water partition coefficient (Wildman–Crippen LogP) is 4.37. The van der Waals surface area contributed by atoms with Gasteiger partial charge >= 0.3 is 0 Å². The molecule has 0 bridgehead atoms. The van der Waals surface area contributed by atoms with Gasteiger partial charge in [0.05, 0.1) is 0 Å². The number of hydrogen-bond acceptors (Lipinski definition) is 3. The minimum absolute atomic E-state index is 0.559. The summed E-state index contributed by atoms with van der Waals surface area (Å²) in [6.07, 6.45) is 12.6. The number of likely N-dealkylation sites (tertiary alicyclic amines) is 1. The molecule has 1 N–H and O–H groups in total. The fraction of sp³-hybridized carbons (Fsp3) is 0.722. The minimum Gasteiger partial charge on any atom is -0.367 e. The van der Waals surface area contributed by atoms with Crippen LogP contribution in [0.4, 0.5) is 5.82 Å². The average molecular weight is 287 g/mol. The molecule has 3 rings (SSSR count). The second-order valence-corrected chi connectivity index (χ2v) is 6.56. The zero-order chi connectivity index (χ0) is 14.5. The Morgan fingerprint density at radius 3 is 2.76 bits per heavy atom. The second-order valence-electron chi connectivity index (χ2n) is 6.56. The summed E-state index contributed by atoms with van der Waals surface area (Å²) in [6.45, 7) is 4.66. The van der Waals surface area contributed by atoms with Gasteiger partial charge in [0.15, 0.2) is 0 Å². The second kappa shape index (κ2) is 7.26. The third-order valence-electron chi connectivity index (χ3n) is 5.16. The number of piperidine rings is 1. The van der Waals surface area contributed by atoms with Crippen LogP contribution in [0.2, 0.25) is 0 Å². The van der Waals surface area contributed by atoms with E-state index in [1.807, 2.05) is 6.20 Å². The Kier molecular flexibility index (Phi) is 5.13. The molecule has 1 aliphatic heterocycles. The topological polar surface area (TPSA) is 28.2 Å². The summed E-state index contributed by atoms with van der Waals surface area (Å²) in [7, 11) is 0. The lowest BCUT2D eigenvalue weighted by Crippen LogP contribution is -2.34. The van der Waals surface area contributed by atoms with Crippen molar-refractivity contribution < 1.29 is 0 Å². The van der Waals surface area contributed by atoms with Crippen LogP contribution in [0.1, 0.15) is 69.9 Å². The SMILES string of the molecule is CCN1CCCC[C@@H]1c1cccnc1NC1CCCCC1. The third-order valence-corrected chi connectivity index (χ3v) is 5.16. The zero-order valence-corrected chi connectivity index (χ0v) is 13.4. The molecule has 1 aromatic heterocycles. The first-order valence-electron chi connectivity index (χ1n) is 8.84. The summed E-state index contributed by atoms with van der Waals surface area (Å²) in [4.78, 5) is 7.30. The Morgan fingerprint density at radius 2 is 1.95 bits per heavy atom. The van der Waals surface area contributed by atoms with Crippen molar-refractivity contribution in [1.29, 1.82) is 0 Å². The Labute approximate surface area is 129 Å². The highest BCUT2D eigenvalue weighted by molar-refractivity contribution is 5.46. The first-order valence-corrected chi connectivity index (χ1v) is 8.84. The van der Waals surface area contributed by atoms with E-state index in [4.69, 9.17) is 0 Å².